The van der Waals surface area contributed by atoms with Crippen LogP contribution in [0.3, 0.4) is 0 Å². The number of aliphatic imine (C=N–C) groups is 1. The molecule has 0 saturated heterocycles. The van der Waals surface area contributed by atoms with Crippen LogP contribution in [0, 0.1) is 0 Å². The third-order valence-corrected chi connectivity index (χ3v) is 13.0. The fourth-order valence-electron chi connectivity index (χ4n) is 8.61. The largest absolute Gasteiger partial charge is 0.346 e. The molecule has 0 spiro atoms. The van der Waals surface area contributed by atoms with Gasteiger partial charge in [0.1, 0.15) is 0 Å². The van der Waals surface area contributed by atoms with E-state index in [1.54, 1.807) is 0 Å². The lowest BCUT2D eigenvalue weighted by Gasteiger charge is -2.32. The Labute approximate surface area is 343 Å². The van der Waals surface area contributed by atoms with Crippen LogP contribution in [0.2, 0.25) is 0 Å². The van der Waals surface area contributed by atoms with Crippen LogP contribution >= 0.6 is 11.3 Å². The van der Waals surface area contributed by atoms with E-state index in [2.05, 4.69) is 212 Å². The van der Waals surface area contributed by atoms with Crippen LogP contribution in [0.25, 0.3) is 66.9 Å². The van der Waals surface area contributed by atoms with Crippen molar-refractivity contribution in [1.29, 1.82) is 0 Å². The molecule has 4 heteroatoms. The topological polar surface area (TPSA) is 29.3 Å². The minimum Gasteiger partial charge on any atom is -0.346 e. The van der Waals surface area contributed by atoms with Gasteiger partial charge in [-0.1, -0.05) is 165 Å². The van der Waals surface area contributed by atoms with E-state index in [4.69, 9.17) is 11.6 Å². The second kappa shape index (κ2) is 14.6. The maximum Gasteiger partial charge on any atom is 0.201 e. The van der Waals surface area contributed by atoms with E-state index in [0.29, 0.717) is 0 Å². The molecule has 2 unspecified atom stereocenters. The van der Waals surface area contributed by atoms with Gasteiger partial charge >= 0.3 is 0 Å². The van der Waals surface area contributed by atoms with Crippen molar-refractivity contribution >= 4 is 61.6 Å². The standard InChI is InChI=1S/C54H43N3S/c1-4-5-19-49-36(2)46-35-54(3,43-29-30-52-45(33-43)44-18-12-13-20-51(44)58-52)32-31-50(46)57(49)53-55-47(41-25-21-39(22-26-41)37-14-8-6-9-15-37)34-48(56-53)42-27-23-40(24-28-42)38-16-10-7-11-17-38/h4-34,53,55H,2,35H2,1,3H3/b5-4-,49-19+. The van der Waals surface area contributed by atoms with Crippen molar-refractivity contribution in [3.8, 4) is 22.3 Å². The summed E-state index contributed by atoms with van der Waals surface area (Å²) in [4.78, 5) is 5.49. The Kier molecular flexibility index (Phi) is 9.00. The molecule has 0 bridgehead atoms. The number of nitrogens with zero attached hydrogens (tertiary/aromatic N) is 2. The zero-order valence-corrected chi connectivity index (χ0v) is 33.5. The number of fused-ring (bicyclic) bond motifs is 4. The molecule has 1 aliphatic carbocycles. The quantitative estimate of drug-likeness (QED) is 0.172. The number of rotatable bonds is 7. The first-order valence-corrected chi connectivity index (χ1v) is 20.8. The summed E-state index contributed by atoms with van der Waals surface area (Å²) in [6.07, 6.45) is 13.7. The van der Waals surface area contributed by atoms with Crippen molar-refractivity contribution in [2.45, 2.75) is 32.0 Å². The van der Waals surface area contributed by atoms with Crippen molar-refractivity contribution in [3.63, 3.8) is 0 Å². The van der Waals surface area contributed by atoms with Gasteiger partial charge in [-0.15, -0.1) is 11.3 Å². The highest BCUT2D eigenvalue weighted by Gasteiger charge is 2.33. The molecule has 2 aromatic heterocycles. The molecule has 3 nitrogen and oxygen atoms in total. The summed E-state index contributed by atoms with van der Waals surface area (Å²) in [7, 11) is 0. The number of thiophene rings is 1. The number of hydrogen-bond donors (Lipinski definition) is 1. The molecule has 58 heavy (non-hydrogen) atoms. The lowest BCUT2D eigenvalue weighted by Crippen LogP contribution is -2.38. The predicted octanol–water partition coefficient (Wildman–Crippen LogP) is 12.1. The maximum atomic E-state index is 5.49. The lowest BCUT2D eigenvalue weighted by molar-refractivity contribution is 0.466. The summed E-state index contributed by atoms with van der Waals surface area (Å²) in [5.41, 5.74) is 12.4. The number of aromatic nitrogens is 1. The summed E-state index contributed by atoms with van der Waals surface area (Å²) in [5, 5.41) is 8.63. The first-order chi connectivity index (χ1) is 28.5. The molecule has 10 rings (SSSR count). The molecule has 0 radical (unpaired) electrons. The average molecular weight is 766 g/mol. The number of allylic oxidation sites excluding steroid dienone is 4. The molecule has 2 aliphatic rings. The fourth-order valence-corrected chi connectivity index (χ4v) is 9.70. The minimum atomic E-state index is -0.416. The highest BCUT2D eigenvalue weighted by atomic mass is 32.1. The molecule has 2 atom stereocenters. The molecule has 1 N–H and O–H groups in total. The van der Waals surface area contributed by atoms with Gasteiger partial charge in [0, 0.05) is 37.0 Å². The first kappa shape index (κ1) is 35.6. The van der Waals surface area contributed by atoms with Crippen LogP contribution in [0.1, 0.15) is 48.1 Å². The Morgan fingerprint density at radius 3 is 2.00 bits per heavy atom. The summed E-state index contributed by atoms with van der Waals surface area (Å²) in [6.45, 7) is 9.19. The zero-order chi connectivity index (χ0) is 39.2. The fraction of sp³-hybridized carbons (Fsp3) is 0.0926. The minimum absolute atomic E-state index is 0.207. The Morgan fingerprint density at radius 1 is 0.707 bits per heavy atom. The van der Waals surface area contributed by atoms with Gasteiger partial charge in [-0.25, -0.2) is 4.99 Å². The third-order valence-electron chi connectivity index (χ3n) is 11.8. The molecule has 0 fully saturated rings. The van der Waals surface area contributed by atoms with Gasteiger partial charge < -0.3 is 9.88 Å². The summed E-state index contributed by atoms with van der Waals surface area (Å²) < 4.78 is 5.01. The van der Waals surface area contributed by atoms with Gasteiger partial charge in [0.15, 0.2) is 0 Å². The summed E-state index contributed by atoms with van der Waals surface area (Å²) in [6, 6.07) is 54.5. The second-order valence-electron chi connectivity index (χ2n) is 15.5. The van der Waals surface area contributed by atoms with Crippen LogP contribution in [0.15, 0.2) is 181 Å². The van der Waals surface area contributed by atoms with Crippen LogP contribution in [-0.4, -0.2) is 10.3 Å². The number of hydrogen-bond acceptors (Lipinski definition) is 3. The molecule has 0 saturated carbocycles. The van der Waals surface area contributed by atoms with E-state index in [1.807, 2.05) is 11.3 Å². The van der Waals surface area contributed by atoms with E-state index in [0.717, 1.165) is 45.2 Å². The van der Waals surface area contributed by atoms with Crippen LogP contribution < -0.4 is 15.9 Å². The molecule has 280 valence electrons. The third kappa shape index (κ3) is 6.36. The normalized spacial score (nSPS) is 18.0. The highest BCUT2D eigenvalue weighted by molar-refractivity contribution is 7.25. The van der Waals surface area contributed by atoms with Crippen molar-refractivity contribution in [1.82, 2.24) is 9.88 Å². The predicted molar refractivity (Wildman–Crippen MR) is 248 cm³/mol. The maximum absolute atomic E-state index is 5.49. The average Bonchev–Trinajstić information content (AvgIpc) is 3.79. The van der Waals surface area contributed by atoms with Crippen LogP contribution in [0.5, 0.6) is 0 Å². The van der Waals surface area contributed by atoms with E-state index < -0.39 is 6.29 Å². The summed E-state index contributed by atoms with van der Waals surface area (Å²) >= 11 is 1.87. The van der Waals surface area contributed by atoms with Crippen molar-refractivity contribution in [2.24, 2.45) is 4.99 Å². The van der Waals surface area contributed by atoms with E-state index in [1.165, 1.54) is 53.6 Å². The Morgan fingerprint density at radius 2 is 1.31 bits per heavy atom. The van der Waals surface area contributed by atoms with Gasteiger partial charge in [0.05, 0.1) is 11.1 Å². The molecular weight excluding hydrogens is 723 g/mol. The Bertz CT molecular complexity index is 3070. The molecule has 3 heterocycles. The first-order valence-electron chi connectivity index (χ1n) is 20.0. The Balaban J connectivity index is 1.08. The molecule has 6 aromatic carbocycles. The van der Waals surface area contributed by atoms with Gasteiger partial charge in [-0.3, -0.25) is 0 Å². The summed E-state index contributed by atoms with van der Waals surface area (Å²) in [5.74, 6) is 0. The number of benzene rings is 6. The van der Waals surface area contributed by atoms with Crippen molar-refractivity contribution in [3.05, 3.63) is 214 Å². The van der Waals surface area contributed by atoms with E-state index >= 15 is 0 Å². The smallest absolute Gasteiger partial charge is 0.201 e. The molecular formula is C54H43N3S. The van der Waals surface area contributed by atoms with Crippen molar-refractivity contribution < 1.29 is 0 Å². The molecule has 1 aliphatic heterocycles. The lowest BCUT2D eigenvalue weighted by atomic mass is 9.74. The van der Waals surface area contributed by atoms with Crippen LogP contribution in [0.4, 0.5) is 0 Å². The van der Waals surface area contributed by atoms with Gasteiger partial charge in [-0.2, -0.15) is 0 Å². The van der Waals surface area contributed by atoms with E-state index in [-0.39, 0.29) is 5.41 Å². The zero-order valence-electron chi connectivity index (χ0n) is 32.7. The SMILES string of the molecule is C=c1c2c(n(C3N=C(c4ccc(-c5ccccc5)cc4)C=C(c4ccc(-c5ccccc5)cc4)N3)/c1=C/C=C\C)C=CC(C)(c1ccc3sc4ccccc4c3c1)C2. The van der Waals surface area contributed by atoms with Crippen molar-refractivity contribution in [2.75, 3.05) is 0 Å². The number of nitrogens with one attached hydrogen (secondary N) is 1. The second-order valence-corrected chi connectivity index (χ2v) is 16.6. The van der Waals surface area contributed by atoms with Gasteiger partial charge in [-0.05, 0) is 99.5 Å². The van der Waals surface area contributed by atoms with Gasteiger partial charge in [0.25, 0.3) is 0 Å². The monoisotopic (exact) mass is 765 g/mol. The molecule has 0 amide bonds. The van der Waals surface area contributed by atoms with Gasteiger partial charge in [0.2, 0.25) is 6.29 Å². The van der Waals surface area contributed by atoms with E-state index in [9.17, 15) is 0 Å². The highest BCUT2D eigenvalue weighted by Crippen LogP contribution is 2.40. The Hall–Kier alpha value is -6.75. The molecule has 8 aromatic rings. The van der Waals surface area contributed by atoms with Crippen LogP contribution in [-0.2, 0) is 11.8 Å².